The van der Waals surface area contributed by atoms with Crippen LogP contribution in [0.15, 0.2) is 35.0 Å². The van der Waals surface area contributed by atoms with E-state index in [4.69, 9.17) is 4.52 Å². The molecule has 5 nitrogen and oxygen atoms in total. The molecule has 0 aliphatic carbocycles. The molecule has 0 unspecified atom stereocenters. The number of rotatable bonds is 4. The van der Waals surface area contributed by atoms with Crippen molar-refractivity contribution >= 4 is 0 Å². The molecule has 136 valence electrons. The van der Waals surface area contributed by atoms with Crippen molar-refractivity contribution in [3.63, 3.8) is 0 Å². The van der Waals surface area contributed by atoms with Gasteiger partial charge in [0.15, 0.2) is 5.76 Å². The highest BCUT2D eigenvalue weighted by molar-refractivity contribution is 5.64. The molecule has 1 N–H and O–H groups in total. The van der Waals surface area contributed by atoms with Gasteiger partial charge in [-0.25, -0.2) is 0 Å². The van der Waals surface area contributed by atoms with Crippen LogP contribution in [0.1, 0.15) is 53.4 Å². The Bertz CT molecular complexity index is 895. The first-order valence-corrected chi connectivity index (χ1v) is 9.39. The Morgan fingerprint density at radius 1 is 1.23 bits per heavy atom. The SMILES string of the molecule is Cc1cccc(CN2CCCC[C@H]2c2[nH]ncc2-c2onc(C)c2C)c1. The van der Waals surface area contributed by atoms with Crippen LogP contribution in [0.4, 0.5) is 0 Å². The third kappa shape index (κ3) is 3.19. The van der Waals surface area contributed by atoms with E-state index < -0.39 is 0 Å². The van der Waals surface area contributed by atoms with Crippen molar-refractivity contribution in [2.75, 3.05) is 6.54 Å². The lowest BCUT2D eigenvalue weighted by Crippen LogP contribution is -2.33. The number of hydrogen-bond donors (Lipinski definition) is 1. The van der Waals surface area contributed by atoms with Crippen LogP contribution < -0.4 is 0 Å². The molecule has 4 rings (SSSR count). The number of hydrogen-bond acceptors (Lipinski definition) is 4. The van der Waals surface area contributed by atoms with E-state index in [0.717, 1.165) is 47.8 Å². The summed E-state index contributed by atoms with van der Waals surface area (Å²) >= 11 is 0. The van der Waals surface area contributed by atoms with Gasteiger partial charge in [-0.3, -0.25) is 10.00 Å². The van der Waals surface area contributed by atoms with Crippen molar-refractivity contribution in [3.05, 3.63) is 58.5 Å². The molecule has 0 bridgehead atoms. The normalized spacial score (nSPS) is 18.3. The first-order valence-electron chi connectivity index (χ1n) is 9.39. The van der Waals surface area contributed by atoms with Crippen LogP contribution in [-0.4, -0.2) is 26.8 Å². The molecule has 2 aromatic heterocycles. The summed E-state index contributed by atoms with van der Waals surface area (Å²) in [4.78, 5) is 2.56. The smallest absolute Gasteiger partial charge is 0.173 e. The van der Waals surface area contributed by atoms with Gasteiger partial charge in [-0.05, 0) is 45.7 Å². The van der Waals surface area contributed by atoms with E-state index in [1.54, 1.807) is 0 Å². The maximum atomic E-state index is 5.61. The summed E-state index contributed by atoms with van der Waals surface area (Å²) in [5.41, 5.74) is 6.90. The molecule has 1 aromatic carbocycles. The number of benzene rings is 1. The largest absolute Gasteiger partial charge is 0.356 e. The van der Waals surface area contributed by atoms with E-state index in [2.05, 4.69) is 58.4 Å². The van der Waals surface area contributed by atoms with Crippen LogP contribution in [0.3, 0.4) is 0 Å². The van der Waals surface area contributed by atoms with Gasteiger partial charge in [0.1, 0.15) is 0 Å². The fourth-order valence-electron chi connectivity index (χ4n) is 3.95. The number of aryl methyl sites for hydroxylation is 2. The predicted molar refractivity (Wildman–Crippen MR) is 102 cm³/mol. The second kappa shape index (κ2) is 7.08. The van der Waals surface area contributed by atoms with E-state index >= 15 is 0 Å². The summed E-state index contributed by atoms with van der Waals surface area (Å²) in [5, 5.41) is 11.7. The van der Waals surface area contributed by atoms with Crippen LogP contribution in [0, 0.1) is 20.8 Å². The Labute approximate surface area is 154 Å². The number of aromatic amines is 1. The van der Waals surface area contributed by atoms with Crippen molar-refractivity contribution in [2.24, 2.45) is 0 Å². The number of nitrogens with zero attached hydrogens (tertiary/aromatic N) is 3. The Hall–Kier alpha value is -2.40. The van der Waals surface area contributed by atoms with Crippen LogP contribution in [0.25, 0.3) is 11.3 Å². The van der Waals surface area contributed by atoms with Crippen molar-refractivity contribution in [1.29, 1.82) is 0 Å². The minimum atomic E-state index is 0.326. The maximum Gasteiger partial charge on any atom is 0.173 e. The Morgan fingerprint density at radius 2 is 2.12 bits per heavy atom. The molecule has 1 atom stereocenters. The third-order valence-electron chi connectivity index (χ3n) is 5.49. The van der Waals surface area contributed by atoms with Gasteiger partial charge in [0.2, 0.25) is 0 Å². The Kier molecular flexibility index (Phi) is 4.64. The van der Waals surface area contributed by atoms with Gasteiger partial charge in [0.05, 0.1) is 29.2 Å². The molecule has 1 saturated heterocycles. The average molecular weight is 350 g/mol. The molecular formula is C21H26N4O. The molecule has 3 heterocycles. The van der Waals surface area contributed by atoms with Crippen molar-refractivity contribution in [1.82, 2.24) is 20.3 Å². The molecule has 26 heavy (non-hydrogen) atoms. The van der Waals surface area contributed by atoms with E-state index in [0.29, 0.717) is 6.04 Å². The molecule has 1 fully saturated rings. The van der Waals surface area contributed by atoms with E-state index in [9.17, 15) is 0 Å². The number of H-pyrrole nitrogens is 1. The molecule has 5 heteroatoms. The van der Waals surface area contributed by atoms with Crippen LogP contribution in [0.2, 0.25) is 0 Å². The molecule has 3 aromatic rings. The second-order valence-electron chi connectivity index (χ2n) is 7.39. The topological polar surface area (TPSA) is 58.0 Å². The minimum absolute atomic E-state index is 0.326. The van der Waals surface area contributed by atoms with Gasteiger partial charge in [0, 0.05) is 12.1 Å². The summed E-state index contributed by atoms with van der Waals surface area (Å²) in [6, 6.07) is 9.12. The zero-order valence-electron chi connectivity index (χ0n) is 15.7. The summed E-state index contributed by atoms with van der Waals surface area (Å²) in [6.45, 7) is 8.25. The first-order chi connectivity index (χ1) is 12.6. The molecule has 0 spiro atoms. The fraction of sp³-hybridized carbons (Fsp3) is 0.429. The highest BCUT2D eigenvalue weighted by Crippen LogP contribution is 2.37. The maximum absolute atomic E-state index is 5.61. The molecule has 1 aliphatic rings. The van der Waals surface area contributed by atoms with Crippen molar-refractivity contribution in [2.45, 2.75) is 52.6 Å². The summed E-state index contributed by atoms with van der Waals surface area (Å²) in [6.07, 6.45) is 5.49. The highest BCUT2D eigenvalue weighted by atomic mass is 16.5. The summed E-state index contributed by atoms with van der Waals surface area (Å²) in [7, 11) is 0. The molecule has 0 amide bonds. The lowest BCUT2D eigenvalue weighted by Gasteiger charge is -2.35. The van der Waals surface area contributed by atoms with E-state index in [1.165, 1.54) is 24.0 Å². The second-order valence-corrected chi connectivity index (χ2v) is 7.39. The van der Waals surface area contributed by atoms with Gasteiger partial charge < -0.3 is 4.52 Å². The predicted octanol–water partition coefficient (Wildman–Crippen LogP) is 4.72. The quantitative estimate of drug-likeness (QED) is 0.740. The first kappa shape index (κ1) is 17.0. The van der Waals surface area contributed by atoms with Gasteiger partial charge in [-0.1, -0.05) is 41.4 Å². The van der Waals surface area contributed by atoms with Crippen molar-refractivity contribution in [3.8, 4) is 11.3 Å². The molecular weight excluding hydrogens is 324 g/mol. The lowest BCUT2D eigenvalue weighted by atomic mass is 9.95. The zero-order chi connectivity index (χ0) is 18.1. The zero-order valence-corrected chi connectivity index (χ0v) is 15.7. The fourth-order valence-corrected chi connectivity index (χ4v) is 3.95. The standard InChI is InChI=1S/C21H26N4O/c1-14-7-6-8-17(11-14)13-25-10-5-4-9-19(25)20-18(12-22-23-20)21-15(2)16(3)24-26-21/h6-8,11-12,19H,4-5,9-10,13H2,1-3H3,(H,22,23)/t19-/m0/s1. The van der Waals surface area contributed by atoms with Crippen LogP contribution in [-0.2, 0) is 6.54 Å². The highest BCUT2D eigenvalue weighted by Gasteiger charge is 2.29. The Balaban J connectivity index is 1.65. The number of nitrogens with one attached hydrogen (secondary N) is 1. The summed E-state index contributed by atoms with van der Waals surface area (Å²) < 4.78 is 5.61. The summed E-state index contributed by atoms with van der Waals surface area (Å²) in [5.74, 6) is 0.840. The monoisotopic (exact) mass is 350 g/mol. The number of piperidine rings is 1. The van der Waals surface area contributed by atoms with Crippen molar-refractivity contribution < 1.29 is 4.52 Å². The molecule has 0 saturated carbocycles. The van der Waals surface area contributed by atoms with Gasteiger partial charge in [-0.15, -0.1) is 0 Å². The van der Waals surface area contributed by atoms with Crippen LogP contribution >= 0.6 is 0 Å². The molecule has 1 aliphatic heterocycles. The van der Waals surface area contributed by atoms with Gasteiger partial charge in [-0.2, -0.15) is 5.10 Å². The lowest BCUT2D eigenvalue weighted by molar-refractivity contribution is 0.137. The van der Waals surface area contributed by atoms with Crippen LogP contribution in [0.5, 0.6) is 0 Å². The van der Waals surface area contributed by atoms with Gasteiger partial charge >= 0.3 is 0 Å². The Morgan fingerprint density at radius 3 is 2.88 bits per heavy atom. The third-order valence-corrected chi connectivity index (χ3v) is 5.49. The van der Waals surface area contributed by atoms with Gasteiger partial charge in [0.25, 0.3) is 0 Å². The van der Waals surface area contributed by atoms with E-state index in [-0.39, 0.29) is 0 Å². The van der Waals surface area contributed by atoms with E-state index in [1.807, 2.05) is 13.1 Å². The number of likely N-dealkylation sites (tertiary alicyclic amines) is 1. The molecule has 0 radical (unpaired) electrons. The average Bonchev–Trinajstić information content (AvgIpc) is 3.23. The number of aromatic nitrogens is 3. The minimum Gasteiger partial charge on any atom is -0.356 e.